The summed E-state index contributed by atoms with van der Waals surface area (Å²) in [5.41, 5.74) is 0.771. The Bertz CT molecular complexity index is 556. The van der Waals surface area contributed by atoms with Crippen LogP contribution in [0.2, 0.25) is 5.02 Å². The van der Waals surface area contributed by atoms with E-state index in [1.54, 1.807) is 17.1 Å². The summed E-state index contributed by atoms with van der Waals surface area (Å²) >= 11 is 5.92. The maximum absolute atomic E-state index is 10.6. The van der Waals surface area contributed by atoms with Gasteiger partial charge in [-0.3, -0.25) is 4.57 Å². The summed E-state index contributed by atoms with van der Waals surface area (Å²) < 4.78 is 1.62. The first kappa shape index (κ1) is 13.8. The molecule has 7 heteroatoms. The van der Waals surface area contributed by atoms with Crippen LogP contribution in [0.3, 0.4) is 0 Å². The summed E-state index contributed by atoms with van der Waals surface area (Å²) in [4.78, 5) is 18.6. The molecular weight excluding hydrogens is 237 g/mol. The summed E-state index contributed by atoms with van der Waals surface area (Å²) in [5.74, 6) is -0.866. The Morgan fingerprint density at radius 3 is 2.65 bits per heavy atom. The largest absolute Gasteiger partial charge is 1.00 e. The van der Waals surface area contributed by atoms with E-state index in [1.165, 1.54) is 12.3 Å². The van der Waals surface area contributed by atoms with E-state index in [0.29, 0.717) is 5.82 Å². The van der Waals surface area contributed by atoms with Crippen LogP contribution in [0.25, 0.3) is 5.82 Å². The maximum Gasteiger partial charge on any atom is 1.00 e. The van der Waals surface area contributed by atoms with Gasteiger partial charge < -0.3 is 9.90 Å². The fourth-order valence-corrected chi connectivity index (χ4v) is 1.53. The second-order valence-corrected chi connectivity index (χ2v) is 3.65. The second kappa shape index (κ2) is 5.37. The SMILES string of the molecule is Cc1cn(-c2ncc(C(=O)[O-])cc2Cl)cn1.[Li+]. The first-order valence-corrected chi connectivity index (χ1v) is 4.83. The number of hydrogen-bond acceptors (Lipinski definition) is 4. The molecule has 0 saturated carbocycles. The fraction of sp³-hybridized carbons (Fsp3) is 0.100. The molecule has 0 amide bonds. The summed E-state index contributed by atoms with van der Waals surface area (Å²) in [6, 6.07) is 1.30. The normalized spacial score (nSPS) is 9.76. The van der Waals surface area contributed by atoms with Crippen LogP contribution in [0.1, 0.15) is 16.1 Å². The van der Waals surface area contributed by atoms with E-state index in [0.717, 1.165) is 5.69 Å². The third-order valence-corrected chi connectivity index (χ3v) is 2.29. The van der Waals surface area contributed by atoms with Crippen LogP contribution in [0.5, 0.6) is 0 Å². The van der Waals surface area contributed by atoms with Crippen molar-refractivity contribution >= 4 is 17.6 Å². The number of rotatable bonds is 2. The Morgan fingerprint density at radius 1 is 1.47 bits per heavy atom. The predicted octanol–water partition coefficient (Wildman–Crippen LogP) is -2.40. The quantitative estimate of drug-likeness (QED) is 0.551. The number of aryl methyl sites for hydroxylation is 1. The zero-order chi connectivity index (χ0) is 11.7. The van der Waals surface area contributed by atoms with E-state index in [2.05, 4.69) is 9.97 Å². The third kappa shape index (κ3) is 2.89. The number of carbonyl (C=O) groups excluding carboxylic acids is 1. The molecule has 0 aliphatic carbocycles. The van der Waals surface area contributed by atoms with Gasteiger partial charge in [0.15, 0.2) is 5.82 Å². The van der Waals surface area contributed by atoms with Gasteiger partial charge in [-0.25, -0.2) is 9.97 Å². The van der Waals surface area contributed by atoms with Crippen molar-refractivity contribution in [2.45, 2.75) is 6.92 Å². The Hall–Kier alpha value is -1.28. The van der Waals surface area contributed by atoms with Crippen LogP contribution >= 0.6 is 11.6 Å². The molecular formula is C10H7ClLiN3O2. The summed E-state index contributed by atoms with van der Waals surface area (Å²) in [6.45, 7) is 1.83. The minimum Gasteiger partial charge on any atom is -0.545 e. The van der Waals surface area contributed by atoms with Crippen molar-refractivity contribution in [3.63, 3.8) is 0 Å². The van der Waals surface area contributed by atoms with Gasteiger partial charge >= 0.3 is 18.9 Å². The predicted molar refractivity (Wildman–Crippen MR) is 55.4 cm³/mol. The zero-order valence-corrected chi connectivity index (χ0v) is 10.1. The molecule has 0 unspecified atom stereocenters. The number of aromatic nitrogens is 3. The summed E-state index contributed by atoms with van der Waals surface area (Å²) in [7, 11) is 0. The number of imidazole rings is 1. The Labute approximate surface area is 115 Å². The number of carboxylic acids is 1. The van der Waals surface area contributed by atoms with E-state index in [4.69, 9.17) is 11.6 Å². The number of carbonyl (C=O) groups is 1. The number of nitrogens with zero attached hydrogens (tertiary/aromatic N) is 3. The molecule has 82 valence electrons. The molecule has 0 fully saturated rings. The maximum atomic E-state index is 10.6. The number of halogens is 1. The molecule has 17 heavy (non-hydrogen) atoms. The second-order valence-electron chi connectivity index (χ2n) is 3.24. The van der Waals surface area contributed by atoms with Gasteiger partial charge in [0.1, 0.15) is 6.33 Å². The van der Waals surface area contributed by atoms with Crippen LogP contribution in [0, 0.1) is 6.92 Å². The minimum atomic E-state index is -1.30. The molecule has 2 aromatic rings. The van der Waals surface area contributed by atoms with Crippen molar-refractivity contribution in [3.05, 3.63) is 41.1 Å². The first-order valence-electron chi connectivity index (χ1n) is 4.46. The Morgan fingerprint density at radius 2 is 2.18 bits per heavy atom. The van der Waals surface area contributed by atoms with Crippen LogP contribution < -0.4 is 24.0 Å². The number of hydrogen-bond donors (Lipinski definition) is 0. The standard InChI is InChI=1S/C10H8ClN3O2.Li/c1-6-4-14(5-13-6)9-8(11)2-7(3-12-9)10(15)16;/h2-5H,1H3,(H,15,16);/q;+1/p-1. The van der Waals surface area contributed by atoms with Gasteiger partial charge in [0.25, 0.3) is 0 Å². The summed E-state index contributed by atoms with van der Waals surface area (Å²) in [5, 5.41) is 10.8. The van der Waals surface area contributed by atoms with E-state index < -0.39 is 5.97 Å². The van der Waals surface area contributed by atoms with Crippen molar-refractivity contribution in [2.24, 2.45) is 0 Å². The molecule has 0 aromatic carbocycles. The molecule has 2 rings (SSSR count). The molecule has 0 aliphatic heterocycles. The molecule has 0 spiro atoms. The van der Waals surface area contributed by atoms with Crippen LogP contribution in [0.15, 0.2) is 24.8 Å². The molecule has 0 atom stereocenters. The monoisotopic (exact) mass is 243 g/mol. The minimum absolute atomic E-state index is 0. The zero-order valence-electron chi connectivity index (χ0n) is 9.35. The van der Waals surface area contributed by atoms with Gasteiger partial charge in [0, 0.05) is 18.0 Å². The molecule has 5 nitrogen and oxygen atoms in total. The van der Waals surface area contributed by atoms with E-state index in [1.807, 2.05) is 6.92 Å². The van der Waals surface area contributed by atoms with Gasteiger partial charge in [-0.05, 0) is 13.0 Å². The van der Waals surface area contributed by atoms with Gasteiger partial charge in [-0.1, -0.05) is 11.6 Å². The van der Waals surface area contributed by atoms with Crippen LogP contribution in [-0.2, 0) is 0 Å². The Kier molecular flexibility index (Phi) is 4.35. The molecule has 2 aromatic heterocycles. The van der Waals surface area contributed by atoms with Crippen molar-refractivity contribution < 1.29 is 28.8 Å². The van der Waals surface area contributed by atoms with Crippen molar-refractivity contribution in [1.29, 1.82) is 0 Å². The molecule has 0 N–H and O–H groups in total. The van der Waals surface area contributed by atoms with Gasteiger partial charge in [0.05, 0.1) is 16.7 Å². The van der Waals surface area contributed by atoms with Gasteiger partial charge in [-0.15, -0.1) is 0 Å². The van der Waals surface area contributed by atoms with Gasteiger partial charge in [0.2, 0.25) is 0 Å². The molecule has 0 saturated heterocycles. The molecule has 0 bridgehead atoms. The van der Waals surface area contributed by atoms with Crippen molar-refractivity contribution in [1.82, 2.24) is 14.5 Å². The van der Waals surface area contributed by atoms with Crippen molar-refractivity contribution in [2.75, 3.05) is 0 Å². The van der Waals surface area contributed by atoms with E-state index in [9.17, 15) is 9.90 Å². The smallest absolute Gasteiger partial charge is 0.545 e. The molecule has 2 heterocycles. The number of carboxylic acid groups (broad SMARTS) is 1. The molecule has 0 aliphatic rings. The average molecular weight is 244 g/mol. The van der Waals surface area contributed by atoms with Gasteiger partial charge in [-0.2, -0.15) is 0 Å². The Balaban J connectivity index is 0.00000144. The average Bonchev–Trinajstić information content (AvgIpc) is 2.64. The summed E-state index contributed by atoms with van der Waals surface area (Å²) in [6.07, 6.45) is 4.50. The first-order chi connectivity index (χ1) is 7.58. The molecule has 0 radical (unpaired) electrons. The van der Waals surface area contributed by atoms with Crippen LogP contribution in [0.4, 0.5) is 0 Å². The number of pyridine rings is 1. The fourth-order valence-electron chi connectivity index (χ4n) is 1.27. The third-order valence-electron chi connectivity index (χ3n) is 2.01. The number of aromatic carboxylic acids is 1. The van der Waals surface area contributed by atoms with Crippen LogP contribution in [-0.4, -0.2) is 20.5 Å². The van der Waals surface area contributed by atoms with E-state index in [-0.39, 0.29) is 29.4 Å². The van der Waals surface area contributed by atoms with E-state index >= 15 is 0 Å². The van der Waals surface area contributed by atoms with Crippen molar-refractivity contribution in [3.8, 4) is 5.82 Å². The topological polar surface area (TPSA) is 70.8 Å².